The highest BCUT2D eigenvalue weighted by molar-refractivity contribution is 5.93. The summed E-state index contributed by atoms with van der Waals surface area (Å²) < 4.78 is 13.8. The lowest BCUT2D eigenvalue weighted by Crippen LogP contribution is -2.44. The third kappa shape index (κ3) is 3.62. The molecule has 2 aliphatic rings. The van der Waals surface area contributed by atoms with Crippen LogP contribution in [-0.2, 0) is 9.47 Å². The molecule has 5 rings (SSSR count). The number of aromatic nitrogens is 6. The summed E-state index contributed by atoms with van der Waals surface area (Å²) in [5.74, 6) is 0.392. The first-order valence-corrected chi connectivity index (χ1v) is 9.96. The highest BCUT2D eigenvalue weighted by Crippen LogP contribution is 2.36. The zero-order valence-electron chi connectivity index (χ0n) is 17.1. The molecule has 2 saturated heterocycles. The molecule has 3 aromatic rings. The second-order valence-corrected chi connectivity index (χ2v) is 7.76. The van der Waals surface area contributed by atoms with Gasteiger partial charge in [0.15, 0.2) is 5.82 Å². The summed E-state index contributed by atoms with van der Waals surface area (Å²) in [6, 6.07) is 7.56. The molecule has 0 spiro atoms. The average Bonchev–Trinajstić information content (AvgIpc) is 3.52. The van der Waals surface area contributed by atoms with Crippen molar-refractivity contribution in [3.05, 3.63) is 48.5 Å². The SMILES string of the molecule is CN(C)c1ccc(-c2nnnn2[C@@H]2CO[C@@H]3[C@@H]2OC[C@@H]3NC(=O)c2cncnc2)cc1. The van der Waals surface area contributed by atoms with Crippen LogP contribution < -0.4 is 10.2 Å². The number of amides is 1. The van der Waals surface area contributed by atoms with Crippen LogP contribution in [0.2, 0.25) is 0 Å². The molecule has 11 nitrogen and oxygen atoms in total. The number of carbonyl (C=O) groups excluding carboxylic acids is 1. The van der Waals surface area contributed by atoms with Gasteiger partial charge in [0.2, 0.25) is 0 Å². The molecule has 0 aliphatic carbocycles. The van der Waals surface area contributed by atoms with Crippen molar-refractivity contribution in [2.45, 2.75) is 24.3 Å². The van der Waals surface area contributed by atoms with Gasteiger partial charge in [0, 0.05) is 37.7 Å². The normalized spacial score (nSPS) is 24.7. The lowest BCUT2D eigenvalue weighted by atomic mass is 10.1. The van der Waals surface area contributed by atoms with Crippen molar-refractivity contribution in [1.29, 1.82) is 0 Å². The van der Waals surface area contributed by atoms with Crippen molar-refractivity contribution in [3.63, 3.8) is 0 Å². The fraction of sp³-hybridized carbons (Fsp3) is 0.400. The minimum absolute atomic E-state index is 0.189. The Hall–Kier alpha value is -3.44. The number of anilines is 1. The lowest BCUT2D eigenvalue weighted by Gasteiger charge is -2.18. The summed E-state index contributed by atoms with van der Waals surface area (Å²) in [6.07, 6.45) is 3.78. The quantitative estimate of drug-likeness (QED) is 0.620. The molecule has 0 radical (unpaired) electrons. The highest BCUT2D eigenvalue weighted by Gasteiger charge is 2.50. The molecule has 1 N–H and O–H groups in total. The van der Waals surface area contributed by atoms with Gasteiger partial charge >= 0.3 is 0 Å². The standard InChI is InChI=1S/C20H22N8O3/c1-27(2)14-5-3-12(4-6-14)19-24-25-26-28(19)16-10-31-17-15(9-30-18(16)17)23-20(29)13-7-21-11-22-8-13/h3-8,11,15-18H,9-10H2,1-2H3,(H,23,29)/t15-,16+,17-,18+/m0/s1. The number of nitrogens with one attached hydrogen (secondary N) is 1. The van der Waals surface area contributed by atoms with Crippen LogP contribution in [0, 0.1) is 0 Å². The van der Waals surface area contributed by atoms with E-state index in [2.05, 4.69) is 30.8 Å². The second-order valence-electron chi connectivity index (χ2n) is 7.76. The van der Waals surface area contributed by atoms with E-state index in [1.54, 1.807) is 4.68 Å². The number of rotatable bonds is 5. The van der Waals surface area contributed by atoms with E-state index in [-0.39, 0.29) is 30.2 Å². The summed E-state index contributed by atoms with van der Waals surface area (Å²) >= 11 is 0. The maximum atomic E-state index is 12.5. The van der Waals surface area contributed by atoms with E-state index in [0.29, 0.717) is 24.6 Å². The highest BCUT2D eigenvalue weighted by atomic mass is 16.6. The molecule has 4 atom stereocenters. The van der Waals surface area contributed by atoms with Crippen LogP contribution in [0.1, 0.15) is 16.4 Å². The number of nitrogens with zero attached hydrogens (tertiary/aromatic N) is 7. The van der Waals surface area contributed by atoms with Gasteiger partial charge in [-0.05, 0) is 34.7 Å². The maximum absolute atomic E-state index is 12.5. The van der Waals surface area contributed by atoms with E-state index in [1.807, 2.05) is 43.3 Å². The van der Waals surface area contributed by atoms with Crippen LogP contribution in [0.3, 0.4) is 0 Å². The van der Waals surface area contributed by atoms with Crippen molar-refractivity contribution in [1.82, 2.24) is 35.5 Å². The van der Waals surface area contributed by atoms with Crippen LogP contribution in [-0.4, -0.2) is 81.6 Å². The van der Waals surface area contributed by atoms with Crippen molar-refractivity contribution in [2.75, 3.05) is 32.2 Å². The van der Waals surface area contributed by atoms with Gasteiger partial charge in [-0.2, -0.15) is 0 Å². The average molecular weight is 422 g/mol. The van der Waals surface area contributed by atoms with E-state index >= 15 is 0 Å². The van der Waals surface area contributed by atoms with Crippen molar-refractivity contribution >= 4 is 11.6 Å². The fourth-order valence-electron chi connectivity index (χ4n) is 4.00. The Balaban J connectivity index is 1.32. The first-order chi connectivity index (χ1) is 15.1. The molecular weight excluding hydrogens is 400 g/mol. The first kappa shape index (κ1) is 19.5. The third-order valence-electron chi connectivity index (χ3n) is 5.62. The van der Waals surface area contributed by atoms with Crippen LogP contribution in [0.15, 0.2) is 43.0 Å². The summed E-state index contributed by atoms with van der Waals surface area (Å²) in [7, 11) is 3.99. The zero-order chi connectivity index (χ0) is 21.4. The Morgan fingerprint density at radius 3 is 2.58 bits per heavy atom. The molecule has 11 heteroatoms. The molecule has 31 heavy (non-hydrogen) atoms. The Labute approximate surface area is 178 Å². The number of hydrogen-bond donors (Lipinski definition) is 1. The van der Waals surface area contributed by atoms with Gasteiger partial charge in [-0.15, -0.1) is 5.10 Å². The van der Waals surface area contributed by atoms with Gasteiger partial charge < -0.3 is 19.7 Å². The number of hydrogen-bond acceptors (Lipinski definition) is 9. The smallest absolute Gasteiger partial charge is 0.254 e. The van der Waals surface area contributed by atoms with Gasteiger partial charge in [0.25, 0.3) is 5.91 Å². The van der Waals surface area contributed by atoms with Crippen LogP contribution in [0.5, 0.6) is 0 Å². The van der Waals surface area contributed by atoms with Crippen molar-refractivity contribution < 1.29 is 14.3 Å². The van der Waals surface area contributed by atoms with Gasteiger partial charge in [0.1, 0.15) is 24.6 Å². The molecule has 0 saturated carbocycles. The fourth-order valence-corrected chi connectivity index (χ4v) is 4.00. The minimum Gasteiger partial charge on any atom is -0.378 e. The predicted molar refractivity (Wildman–Crippen MR) is 109 cm³/mol. The molecule has 1 amide bonds. The number of ether oxygens (including phenoxy) is 2. The van der Waals surface area contributed by atoms with E-state index in [1.165, 1.54) is 18.7 Å². The van der Waals surface area contributed by atoms with Gasteiger partial charge in [-0.3, -0.25) is 4.79 Å². The Kier molecular flexibility index (Phi) is 5.04. The Morgan fingerprint density at radius 1 is 1.10 bits per heavy atom. The molecule has 0 unspecified atom stereocenters. The van der Waals surface area contributed by atoms with Gasteiger partial charge in [0.05, 0.1) is 24.8 Å². The Morgan fingerprint density at radius 2 is 1.84 bits per heavy atom. The largest absolute Gasteiger partial charge is 0.378 e. The molecule has 1 aromatic carbocycles. The third-order valence-corrected chi connectivity index (χ3v) is 5.62. The molecule has 4 heterocycles. The number of carbonyl (C=O) groups is 1. The second kappa shape index (κ2) is 8.00. The predicted octanol–water partition coefficient (Wildman–Crippen LogP) is 0.333. The monoisotopic (exact) mass is 422 g/mol. The molecule has 160 valence electrons. The van der Waals surface area contributed by atoms with E-state index < -0.39 is 0 Å². The minimum atomic E-state index is -0.285. The van der Waals surface area contributed by atoms with Crippen molar-refractivity contribution in [3.8, 4) is 11.4 Å². The number of benzene rings is 1. The number of fused-ring (bicyclic) bond motifs is 1. The summed E-state index contributed by atoms with van der Waals surface area (Å²) in [5.41, 5.74) is 2.39. The Bertz CT molecular complexity index is 1060. The summed E-state index contributed by atoms with van der Waals surface area (Å²) in [4.78, 5) is 22.3. The lowest BCUT2D eigenvalue weighted by molar-refractivity contribution is 0.0615. The molecular formula is C20H22N8O3. The van der Waals surface area contributed by atoms with E-state index in [9.17, 15) is 4.79 Å². The summed E-state index contributed by atoms with van der Waals surface area (Å²) in [5, 5.41) is 15.3. The molecule has 0 bridgehead atoms. The zero-order valence-corrected chi connectivity index (χ0v) is 17.1. The molecule has 2 aliphatic heterocycles. The van der Waals surface area contributed by atoms with Crippen LogP contribution in [0.4, 0.5) is 5.69 Å². The van der Waals surface area contributed by atoms with Gasteiger partial charge in [-0.25, -0.2) is 14.6 Å². The number of tetrazole rings is 1. The van der Waals surface area contributed by atoms with Crippen LogP contribution >= 0.6 is 0 Å². The molecule has 2 aromatic heterocycles. The van der Waals surface area contributed by atoms with Gasteiger partial charge in [-0.1, -0.05) is 0 Å². The van der Waals surface area contributed by atoms with E-state index in [4.69, 9.17) is 9.47 Å². The van der Waals surface area contributed by atoms with Crippen LogP contribution in [0.25, 0.3) is 11.4 Å². The topological polar surface area (TPSA) is 120 Å². The van der Waals surface area contributed by atoms with Crippen molar-refractivity contribution in [2.24, 2.45) is 0 Å². The first-order valence-electron chi connectivity index (χ1n) is 9.96. The molecule has 2 fully saturated rings. The van der Waals surface area contributed by atoms with E-state index in [0.717, 1.165) is 11.3 Å². The summed E-state index contributed by atoms with van der Waals surface area (Å²) in [6.45, 7) is 0.740. The maximum Gasteiger partial charge on any atom is 0.254 e.